The predicted molar refractivity (Wildman–Crippen MR) is 85.4 cm³/mol. The quantitative estimate of drug-likeness (QED) is 0.921. The van der Waals surface area contributed by atoms with Gasteiger partial charge in [0.2, 0.25) is 5.95 Å². The molecule has 5 heteroatoms. The number of anilines is 2. The van der Waals surface area contributed by atoms with Gasteiger partial charge in [0.1, 0.15) is 11.3 Å². The second-order valence-corrected chi connectivity index (χ2v) is 6.61. The molecule has 0 unspecified atom stereocenters. The lowest BCUT2D eigenvalue weighted by atomic mass is 9.93. The molecule has 0 spiro atoms. The standard InChI is InChI=1S/C16H23N5/c1-11-7-9-20(10-8-11)14-6-5-13-15(19-14)21(16(17)18-13)12-3-2-4-12/h5-6,11-12H,2-4,7-10H2,1H3,(H2,17,18). The number of piperidine rings is 1. The van der Waals surface area contributed by atoms with Gasteiger partial charge in [0.05, 0.1) is 0 Å². The first-order valence-electron chi connectivity index (χ1n) is 8.12. The van der Waals surface area contributed by atoms with Crippen molar-refractivity contribution in [2.45, 2.75) is 45.1 Å². The van der Waals surface area contributed by atoms with Gasteiger partial charge in [0.25, 0.3) is 0 Å². The fourth-order valence-corrected chi connectivity index (χ4v) is 3.40. The molecule has 5 nitrogen and oxygen atoms in total. The highest BCUT2D eigenvalue weighted by molar-refractivity contribution is 5.76. The van der Waals surface area contributed by atoms with Gasteiger partial charge in [-0.05, 0) is 50.2 Å². The zero-order chi connectivity index (χ0) is 14.4. The third kappa shape index (κ3) is 2.15. The van der Waals surface area contributed by atoms with Crippen LogP contribution >= 0.6 is 0 Å². The SMILES string of the molecule is CC1CCN(c2ccc3nc(N)n(C4CCC4)c3n2)CC1. The number of aromatic nitrogens is 3. The van der Waals surface area contributed by atoms with E-state index in [4.69, 9.17) is 10.7 Å². The van der Waals surface area contributed by atoms with Crippen LogP contribution in [0.1, 0.15) is 45.1 Å². The first-order chi connectivity index (χ1) is 10.2. The zero-order valence-electron chi connectivity index (χ0n) is 12.6. The van der Waals surface area contributed by atoms with Crippen LogP contribution in [0.25, 0.3) is 11.2 Å². The van der Waals surface area contributed by atoms with Crippen LogP contribution in [0.5, 0.6) is 0 Å². The highest BCUT2D eigenvalue weighted by Gasteiger charge is 2.25. The predicted octanol–water partition coefficient (Wildman–Crippen LogP) is 2.97. The van der Waals surface area contributed by atoms with Gasteiger partial charge in [-0.1, -0.05) is 6.92 Å². The van der Waals surface area contributed by atoms with E-state index >= 15 is 0 Å². The molecule has 1 aliphatic heterocycles. The van der Waals surface area contributed by atoms with E-state index in [0.717, 1.165) is 36.0 Å². The van der Waals surface area contributed by atoms with Gasteiger partial charge in [-0.3, -0.25) is 4.57 Å². The maximum Gasteiger partial charge on any atom is 0.202 e. The summed E-state index contributed by atoms with van der Waals surface area (Å²) in [5.74, 6) is 2.53. The monoisotopic (exact) mass is 285 g/mol. The molecule has 2 aromatic rings. The topological polar surface area (TPSA) is 60.0 Å². The Morgan fingerprint density at radius 3 is 2.52 bits per heavy atom. The van der Waals surface area contributed by atoms with E-state index in [1.165, 1.54) is 32.1 Å². The molecule has 112 valence electrons. The number of hydrogen-bond donors (Lipinski definition) is 1. The number of nitrogens with zero attached hydrogens (tertiary/aromatic N) is 4. The third-order valence-electron chi connectivity index (χ3n) is 5.10. The molecule has 4 rings (SSSR count). The summed E-state index contributed by atoms with van der Waals surface area (Å²) in [6.07, 6.45) is 6.19. The summed E-state index contributed by atoms with van der Waals surface area (Å²) in [6.45, 7) is 4.54. The summed E-state index contributed by atoms with van der Waals surface area (Å²) in [4.78, 5) is 11.8. The molecule has 0 atom stereocenters. The summed E-state index contributed by atoms with van der Waals surface area (Å²) in [6, 6.07) is 4.66. The molecule has 2 aliphatic rings. The Hall–Kier alpha value is -1.78. The van der Waals surface area contributed by atoms with Crippen molar-refractivity contribution >= 4 is 22.9 Å². The molecule has 0 bridgehead atoms. The minimum atomic E-state index is 0.499. The maximum absolute atomic E-state index is 6.11. The summed E-state index contributed by atoms with van der Waals surface area (Å²) >= 11 is 0. The zero-order valence-corrected chi connectivity index (χ0v) is 12.6. The first-order valence-corrected chi connectivity index (χ1v) is 8.12. The van der Waals surface area contributed by atoms with Gasteiger partial charge in [0.15, 0.2) is 5.65 Å². The van der Waals surface area contributed by atoms with Crippen molar-refractivity contribution in [3.63, 3.8) is 0 Å². The van der Waals surface area contributed by atoms with Crippen LogP contribution in [0.3, 0.4) is 0 Å². The van der Waals surface area contributed by atoms with Gasteiger partial charge >= 0.3 is 0 Å². The van der Waals surface area contributed by atoms with Crippen molar-refractivity contribution in [1.29, 1.82) is 0 Å². The van der Waals surface area contributed by atoms with Crippen molar-refractivity contribution in [3.05, 3.63) is 12.1 Å². The van der Waals surface area contributed by atoms with Crippen molar-refractivity contribution < 1.29 is 0 Å². The average Bonchev–Trinajstić information content (AvgIpc) is 2.74. The molecular formula is C16H23N5. The molecule has 2 N–H and O–H groups in total. The Bertz CT molecular complexity index is 650. The Morgan fingerprint density at radius 2 is 1.86 bits per heavy atom. The van der Waals surface area contributed by atoms with Crippen LogP contribution in [-0.4, -0.2) is 27.6 Å². The Morgan fingerprint density at radius 1 is 1.10 bits per heavy atom. The normalized spacial score (nSPS) is 20.9. The minimum Gasteiger partial charge on any atom is -0.369 e. The number of fused-ring (bicyclic) bond motifs is 1. The van der Waals surface area contributed by atoms with Crippen molar-refractivity contribution in [2.75, 3.05) is 23.7 Å². The van der Waals surface area contributed by atoms with Gasteiger partial charge in [-0.25, -0.2) is 9.97 Å². The summed E-state index contributed by atoms with van der Waals surface area (Å²) in [7, 11) is 0. The van der Waals surface area contributed by atoms with E-state index in [1.807, 2.05) is 0 Å². The van der Waals surface area contributed by atoms with E-state index < -0.39 is 0 Å². The Kier molecular flexibility index (Phi) is 3.01. The molecule has 3 heterocycles. The van der Waals surface area contributed by atoms with Gasteiger partial charge < -0.3 is 10.6 Å². The molecular weight excluding hydrogens is 262 g/mol. The Labute approximate surface area is 125 Å². The van der Waals surface area contributed by atoms with Crippen LogP contribution in [-0.2, 0) is 0 Å². The number of hydrogen-bond acceptors (Lipinski definition) is 4. The van der Waals surface area contributed by atoms with Crippen LogP contribution in [0.15, 0.2) is 12.1 Å². The van der Waals surface area contributed by atoms with Gasteiger partial charge in [-0.15, -0.1) is 0 Å². The van der Waals surface area contributed by atoms with E-state index in [0.29, 0.717) is 12.0 Å². The molecule has 0 amide bonds. The summed E-state index contributed by atoms with van der Waals surface area (Å²) in [5, 5.41) is 0. The summed E-state index contributed by atoms with van der Waals surface area (Å²) in [5.41, 5.74) is 8.00. The Balaban J connectivity index is 1.71. The minimum absolute atomic E-state index is 0.499. The molecule has 1 saturated heterocycles. The molecule has 2 aromatic heterocycles. The van der Waals surface area contributed by atoms with Gasteiger partial charge in [0, 0.05) is 19.1 Å². The lowest BCUT2D eigenvalue weighted by Crippen LogP contribution is -2.33. The van der Waals surface area contributed by atoms with Gasteiger partial charge in [-0.2, -0.15) is 0 Å². The van der Waals surface area contributed by atoms with Crippen LogP contribution in [0, 0.1) is 5.92 Å². The van der Waals surface area contributed by atoms with E-state index in [1.54, 1.807) is 0 Å². The smallest absolute Gasteiger partial charge is 0.202 e. The number of imidazole rings is 1. The maximum atomic E-state index is 6.11. The van der Waals surface area contributed by atoms with Crippen molar-refractivity contribution in [3.8, 4) is 0 Å². The lowest BCUT2D eigenvalue weighted by molar-refractivity contribution is 0.323. The fourth-order valence-electron chi connectivity index (χ4n) is 3.40. The summed E-state index contributed by atoms with van der Waals surface area (Å²) < 4.78 is 2.15. The first kappa shape index (κ1) is 12.9. The fraction of sp³-hybridized carbons (Fsp3) is 0.625. The molecule has 2 fully saturated rings. The molecule has 21 heavy (non-hydrogen) atoms. The third-order valence-corrected chi connectivity index (χ3v) is 5.10. The van der Waals surface area contributed by atoms with E-state index in [2.05, 4.69) is 33.5 Å². The van der Waals surface area contributed by atoms with Crippen LogP contribution < -0.4 is 10.6 Å². The van der Waals surface area contributed by atoms with Crippen LogP contribution in [0.4, 0.5) is 11.8 Å². The number of nitrogens with two attached hydrogens (primary N) is 1. The van der Waals surface area contributed by atoms with E-state index in [-0.39, 0.29) is 0 Å². The average molecular weight is 285 g/mol. The largest absolute Gasteiger partial charge is 0.369 e. The highest BCUT2D eigenvalue weighted by atomic mass is 15.2. The van der Waals surface area contributed by atoms with Crippen LogP contribution in [0.2, 0.25) is 0 Å². The van der Waals surface area contributed by atoms with Crippen molar-refractivity contribution in [1.82, 2.24) is 14.5 Å². The second kappa shape index (κ2) is 4.90. The highest BCUT2D eigenvalue weighted by Crippen LogP contribution is 2.36. The number of nitrogen functional groups attached to an aromatic ring is 1. The molecule has 1 aliphatic carbocycles. The molecule has 1 saturated carbocycles. The van der Waals surface area contributed by atoms with E-state index in [9.17, 15) is 0 Å². The number of pyridine rings is 1. The van der Waals surface area contributed by atoms with Crippen molar-refractivity contribution in [2.24, 2.45) is 5.92 Å². The molecule has 0 radical (unpaired) electrons. The number of rotatable bonds is 2. The lowest BCUT2D eigenvalue weighted by Gasteiger charge is -2.31. The molecule has 0 aromatic carbocycles. The second-order valence-electron chi connectivity index (χ2n) is 6.61.